The van der Waals surface area contributed by atoms with Gasteiger partial charge < -0.3 is 14.2 Å². The van der Waals surface area contributed by atoms with Crippen LogP contribution in [0, 0.1) is 5.92 Å². The van der Waals surface area contributed by atoms with Crippen LogP contribution in [0.2, 0.25) is 0 Å². The number of cyclic esters (lactones) is 1. The quantitative estimate of drug-likeness (QED) is 0.604. The number of carbonyl (C=O) groups is 1. The first-order valence-corrected chi connectivity index (χ1v) is 6.20. The van der Waals surface area contributed by atoms with Crippen molar-refractivity contribution in [2.75, 3.05) is 14.2 Å². The van der Waals surface area contributed by atoms with E-state index < -0.39 is 0 Å². The van der Waals surface area contributed by atoms with E-state index in [2.05, 4.69) is 6.58 Å². The molecule has 4 heteroatoms. The summed E-state index contributed by atoms with van der Waals surface area (Å²) < 4.78 is 15.9. The minimum atomic E-state index is -0.308. The van der Waals surface area contributed by atoms with E-state index in [9.17, 15) is 4.79 Å². The van der Waals surface area contributed by atoms with E-state index in [4.69, 9.17) is 14.2 Å². The molecule has 4 nitrogen and oxygen atoms in total. The lowest BCUT2D eigenvalue weighted by atomic mass is 9.93. The maximum Gasteiger partial charge on any atom is 0.339 e. The number of ether oxygens (including phenoxy) is 3. The summed E-state index contributed by atoms with van der Waals surface area (Å²) >= 11 is 0. The zero-order valence-electron chi connectivity index (χ0n) is 11.4. The monoisotopic (exact) mass is 262 g/mol. The zero-order valence-corrected chi connectivity index (χ0v) is 11.4. The van der Waals surface area contributed by atoms with Crippen molar-refractivity contribution < 1.29 is 19.0 Å². The molecular weight excluding hydrogens is 244 g/mol. The first-order valence-electron chi connectivity index (χ1n) is 6.20. The molecule has 2 rings (SSSR count). The summed E-state index contributed by atoms with van der Waals surface area (Å²) in [6.45, 7) is 5.76. The summed E-state index contributed by atoms with van der Waals surface area (Å²) in [7, 11) is 3.12. The second-order valence-corrected chi connectivity index (χ2v) is 4.62. The Balaban J connectivity index is 2.45. The fourth-order valence-electron chi connectivity index (χ4n) is 2.36. The maximum atomic E-state index is 11.9. The van der Waals surface area contributed by atoms with E-state index >= 15 is 0 Å². The number of benzene rings is 1. The smallest absolute Gasteiger partial charge is 0.339 e. The van der Waals surface area contributed by atoms with Crippen LogP contribution in [0.5, 0.6) is 11.5 Å². The van der Waals surface area contributed by atoms with Gasteiger partial charge in [0.05, 0.1) is 19.8 Å². The molecule has 0 radical (unpaired) electrons. The molecule has 102 valence electrons. The number of hydrogen-bond acceptors (Lipinski definition) is 4. The number of methoxy groups -OCH3 is 2. The van der Waals surface area contributed by atoms with Gasteiger partial charge >= 0.3 is 5.97 Å². The van der Waals surface area contributed by atoms with Crippen LogP contribution < -0.4 is 9.47 Å². The molecule has 0 amide bonds. The van der Waals surface area contributed by atoms with Gasteiger partial charge in [0.15, 0.2) is 11.5 Å². The molecule has 19 heavy (non-hydrogen) atoms. The van der Waals surface area contributed by atoms with Gasteiger partial charge in [-0.05, 0) is 18.6 Å². The highest BCUT2D eigenvalue weighted by atomic mass is 16.6. The average Bonchev–Trinajstić information content (AvgIpc) is 2.74. The molecule has 2 unspecified atom stereocenters. The third-order valence-electron chi connectivity index (χ3n) is 3.37. The Labute approximate surface area is 113 Å². The molecule has 1 aromatic carbocycles. The van der Waals surface area contributed by atoms with E-state index in [1.807, 2.05) is 19.1 Å². The topological polar surface area (TPSA) is 44.8 Å². The van der Waals surface area contributed by atoms with Crippen LogP contribution in [0.3, 0.4) is 0 Å². The van der Waals surface area contributed by atoms with E-state index in [1.165, 1.54) is 0 Å². The fourth-order valence-corrected chi connectivity index (χ4v) is 2.36. The molecule has 1 aliphatic heterocycles. The molecule has 1 aliphatic rings. The number of hydrogen-bond donors (Lipinski definition) is 0. The highest BCUT2D eigenvalue weighted by Crippen LogP contribution is 2.42. The summed E-state index contributed by atoms with van der Waals surface area (Å²) in [4.78, 5) is 11.9. The van der Waals surface area contributed by atoms with Crippen molar-refractivity contribution in [3.05, 3.63) is 35.9 Å². The summed E-state index contributed by atoms with van der Waals surface area (Å²) in [5.41, 5.74) is 1.41. The molecule has 0 fully saturated rings. The molecule has 0 aliphatic carbocycles. The number of carbonyl (C=O) groups excluding carboxylic acids is 1. The van der Waals surface area contributed by atoms with Gasteiger partial charge in [0.2, 0.25) is 0 Å². The predicted octanol–water partition coefficient (Wildman–Crippen LogP) is 3.13. The first-order chi connectivity index (χ1) is 9.12. The molecular formula is C15H18O4. The van der Waals surface area contributed by atoms with E-state index in [-0.39, 0.29) is 18.0 Å². The Morgan fingerprint density at radius 1 is 1.37 bits per heavy atom. The highest BCUT2D eigenvalue weighted by molar-refractivity contribution is 5.95. The molecule has 2 atom stereocenters. The van der Waals surface area contributed by atoms with Crippen LogP contribution in [0.1, 0.15) is 35.4 Å². The molecule has 0 saturated heterocycles. The third kappa shape index (κ3) is 2.30. The van der Waals surface area contributed by atoms with Crippen molar-refractivity contribution in [3.63, 3.8) is 0 Å². The molecule has 0 saturated carbocycles. The van der Waals surface area contributed by atoms with Crippen molar-refractivity contribution in [2.45, 2.75) is 19.4 Å². The van der Waals surface area contributed by atoms with Gasteiger partial charge in [-0.25, -0.2) is 4.79 Å². The van der Waals surface area contributed by atoms with E-state index in [1.54, 1.807) is 20.3 Å². The Hall–Kier alpha value is -1.97. The second kappa shape index (κ2) is 5.34. The van der Waals surface area contributed by atoms with Crippen LogP contribution in [0.25, 0.3) is 0 Å². The number of esters is 1. The van der Waals surface area contributed by atoms with Crippen molar-refractivity contribution in [1.82, 2.24) is 0 Å². The van der Waals surface area contributed by atoms with Crippen LogP contribution in [0.4, 0.5) is 0 Å². The van der Waals surface area contributed by atoms with Gasteiger partial charge in [-0.2, -0.15) is 0 Å². The second-order valence-electron chi connectivity index (χ2n) is 4.62. The lowest BCUT2D eigenvalue weighted by molar-refractivity contribution is 0.0262. The predicted molar refractivity (Wildman–Crippen MR) is 71.7 cm³/mol. The lowest BCUT2D eigenvalue weighted by Crippen LogP contribution is -2.09. The minimum Gasteiger partial charge on any atom is -0.493 e. The van der Waals surface area contributed by atoms with Gasteiger partial charge in [0, 0.05) is 11.5 Å². The van der Waals surface area contributed by atoms with Crippen molar-refractivity contribution >= 4 is 5.97 Å². The minimum absolute atomic E-state index is 0.181. The van der Waals surface area contributed by atoms with Gasteiger partial charge in [-0.1, -0.05) is 13.0 Å². The standard InChI is InChI=1S/C15H18O4/c1-5-6-9(2)14-10-7-12(17-3)13(18-4)8-11(10)15(16)19-14/h5,7-9,14H,1,6H2,2-4H3. The fraction of sp³-hybridized carbons (Fsp3) is 0.400. The van der Waals surface area contributed by atoms with Crippen LogP contribution >= 0.6 is 0 Å². The van der Waals surface area contributed by atoms with Gasteiger partial charge in [-0.3, -0.25) is 0 Å². The van der Waals surface area contributed by atoms with E-state index in [0.717, 1.165) is 12.0 Å². The summed E-state index contributed by atoms with van der Waals surface area (Å²) in [6, 6.07) is 3.50. The highest BCUT2D eigenvalue weighted by Gasteiger charge is 2.35. The lowest BCUT2D eigenvalue weighted by Gasteiger charge is -2.18. The maximum absolute atomic E-state index is 11.9. The molecule has 0 aromatic heterocycles. The molecule has 1 aromatic rings. The van der Waals surface area contributed by atoms with Crippen LogP contribution in [0.15, 0.2) is 24.8 Å². The Kier molecular flexibility index (Phi) is 3.79. The number of allylic oxidation sites excluding steroid dienone is 1. The third-order valence-corrected chi connectivity index (χ3v) is 3.37. The average molecular weight is 262 g/mol. The Morgan fingerprint density at radius 2 is 2.00 bits per heavy atom. The number of fused-ring (bicyclic) bond motifs is 1. The summed E-state index contributed by atoms with van der Waals surface area (Å²) in [5.74, 6) is 1.02. The molecule has 0 bridgehead atoms. The van der Waals surface area contributed by atoms with Crippen LogP contribution in [-0.2, 0) is 4.74 Å². The molecule has 0 spiro atoms. The summed E-state index contributed by atoms with van der Waals surface area (Å²) in [5, 5.41) is 0. The van der Waals surface area contributed by atoms with Crippen molar-refractivity contribution in [1.29, 1.82) is 0 Å². The number of rotatable bonds is 5. The summed E-state index contributed by atoms with van der Waals surface area (Å²) in [6.07, 6.45) is 2.36. The Bertz CT molecular complexity index is 507. The molecule has 0 N–H and O–H groups in total. The van der Waals surface area contributed by atoms with E-state index in [0.29, 0.717) is 17.1 Å². The first kappa shape index (κ1) is 13.5. The largest absolute Gasteiger partial charge is 0.493 e. The molecule has 1 heterocycles. The van der Waals surface area contributed by atoms with Gasteiger partial charge in [0.25, 0.3) is 0 Å². The Morgan fingerprint density at radius 3 is 2.58 bits per heavy atom. The van der Waals surface area contributed by atoms with Crippen molar-refractivity contribution in [3.8, 4) is 11.5 Å². The van der Waals surface area contributed by atoms with Crippen LogP contribution in [-0.4, -0.2) is 20.2 Å². The zero-order chi connectivity index (χ0) is 14.0. The normalized spacial score (nSPS) is 18.5. The SMILES string of the molecule is C=CCC(C)C1OC(=O)c2cc(OC)c(OC)cc21. The van der Waals surface area contributed by atoms with Gasteiger partial charge in [0.1, 0.15) is 6.10 Å². The van der Waals surface area contributed by atoms with Crippen molar-refractivity contribution in [2.24, 2.45) is 5.92 Å². The van der Waals surface area contributed by atoms with Gasteiger partial charge in [-0.15, -0.1) is 6.58 Å².